The van der Waals surface area contributed by atoms with Crippen LogP contribution in [0.15, 0.2) is 42.5 Å². The lowest BCUT2D eigenvalue weighted by Gasteiger charge is -2.09. The van der Waals surface area contributed by atoms with Crippen molar-refractivity contribution in [3.63, 3.8) is 0 Å². The number of hydrogen-bond donors (Lipinski definition) is 1. The lowest BCUT2D eigenvalue weighted by Crippen LogP contribution is -2.23. The molecule has 2 aromatic rings. The molecule has 0 heterocycles. The third-order valence-corrected chi connectivity index (χ3v) is 4.21. The Labute approximate surface area is 146 Å². The molecular weight excluding hydrogens is 333 g/mol. The average Bonchev–Trinajstić information content (AvgIpc) is 2.55. The second-order valence-electron chi connectivity index (χ2n) is 5.07. The van der Waals surface area contributed by atoms with Crippen molar-refractivity contribution in [3.8, 4) is 5.75 Å². The summed E-state index contributed by atoms with van der Waals surface area (Å²) in [5.74, 6) is 0.785. The van der Waals surface area contributed by atoms with Crippen molar-refractivity contribution in [1.29, 1.82) is 0 Å². The van der Waals surface area contributed by atoms with E-state index in [0.717, 1.165) is 16.9 Å². The third kappa shape index (κ3) is 5.45. The monoisotopic (exact) mass is 351 g/mol. The van der Waals surface area contributed by atoms with Gasteiger partial charge in [0.2, 0.25) is 5.91 Å². The second-order valence-corrected chi connectivity index (χ2v) is 5.86. The van der Waals surface area contributed by atoms with Crippen molar-refractivity contribution in [2.75, 3.05) is 6.61 Å². The van der Waals surface area contributed by atoms with Crippen molar-refractivity contribution in [2.45, 2.75) is 26.3 Å². The molecule has 23 heavy (non-hydrogen) atoms. The highest BCUT2D eigenvalue weighted by molar-refractivity contribution is 6.42. The van der Waals surface area contributed by atoms with Gasteiger partial charge < -0.3 is 10.1 Å². The van der Waals surface area contributed by atoms with E-state index in [1.807, 2.05) is 43.3 Å². The lowest BCUT2D eigenvalue weighted by atomic mass is 10.1. The Balaban J connectivity index is 1.83. The third-order valence-electron chi connectivity index (χ3n) is 3.35. The van der Waals surface area contributed by atoms with Gasteiger partial charge >= 0.3 is 0 Å². The Morgan fingerprint density at radius 2 is 1.96 bits per heavy atom. The number of carbonyl (C=O) groups is 1. The summed E-state index contributed by atoms with van der Waals surface area (Å²) in [7, 11) is 0. The molecule has 1 N–H and O–H groups in total. The molecule has 2 rings (SSSR count). The Hall–Kier alpha value is -1.71. The quantitative estimate of drug-likeness (QED) is 0.788. The molecule has 0 unspecified atom stereocenters. The molecule has 0 aliphatic heterocycles. The molecule has 0 saturated carbocycles. The summed E-state index contributed by atoms with van der Waals surface area (Å²) in [6, 6.07) is 13.1. The number of nitrogens with one attached hydrogen (secondary N) is 1. The zero-order valence-electron chi connectivity index (χ0n) is 12.9. The number of benzene rings is 2. The number of amides is 1. The van der Waals surface area contributed by atoms with E-state index in [2.05, 4.69) is 5.32 Å². The SMILES string of the molecule is CCOc1cccc(CNC(=O)CCc2cccc(Cl)c2Cl)c1. The molecule has 0 fully saturated rings. The topological polar surface area (TPSA) is 38.3 Å². The van der Waals surface area contributed by atoms with Crippen LogP contribution in [-0.4, -0.2) is 12.5 Å². The highest BCUT2D eigenvalue weighted by atomic mass is 35.5. The average molecular weight is 352 g/mol. The maximum absolute atomic E-state index is 12.0. The molecule has 3 nitrogen and oxygen atoms in total. The van der Waals surface area contributed by atoms with Gasteiger partial charge in [-0.1, -0.05) is 47.5 Å². The maximum atomic E-state index is 12.0. The summed E-state index contributed by atoms with van der Waals surface area (Å²) < 4.78 is 5.44. The van der Waals surface area contributed by atoms with E-state index in [4.69, 9.17) is 27.9 Å². The van der Waals surface area contributed by atoms with Crippen molar-refractivity contribution in [1.82, 2.24) is 5.32 Å². The van der Waals surface area contributed by atoms with E-state index in [1.165, 1.54) is 0 Å². The Bertz CT molecular complexity index is 674. The molecular formula is C18H19Cl2NO2. The van der Waals surface area contributed by atoms with Crippen molar-refractivity contribution in [3.05, 3.63) is 63.6 Å². The van der Waals surface area contributed by atoms with Gasteiger partial charge in [-0.05, 0) is 42.7 Å². The van der Waals surface area contributed by atoms with Crippen LogP contribution >= 0.6 is 23.2 Å². The number of rotatable bonds is 7. The molecule has 122 valence electrons. The van der Waals surface area contributed by atoms with Gasteiger partial charge in [0.15, 0.2) is 0 Å². The first-order valence-electron chi connectivity index (χ1n) is 7.51. The van der Waals surface area contributed by atoms with E-state index < -0.39 is 0 Å². The fraction of sp³-hybridized carbons (Fsp3) is 0.278. The fourth-order valence-electron chi connectivity index (χ4n) is 2.19. The van der Waals surface area contributed by atoms with Crippen LogP contribution in [0.2, 0.25) is 10.0 Å². The highest BCUT2D eigenvalue weighted by Gasteiger charge is 2.07. The minimum Gasteiger partial charge on any atom is -0.494 e. The molecule has 0 atom stereocenters. The molecule has 0 radical (unpaired) electrons. The van der Waals surface area contributed by atoms with Gasteiger partial charge in [0.05, 0.1) is 16.7 Å². The van der Waals surface area contributed by atoms with Crippen LogP contribution in [0.25, 0.3) is 0 Å². The maximum Gasteiger partial charge on any atom is 0.220 e. The molecule has 0 bridgehead atoms. The predicted molar refractivity (Wildman–Crippen MR) is 94.2 cm³/mol. The van der Waals surface area contributed by atoms with E-state index >= 15 is 0 Å². The van der Waals surface area contributed by atoms with Crippen LogP contribution in [0.1, 0.15) is 24.5 Å². The Kier molecular flexibility index (Phi) is 6.75. The smallest absolute Gasteiger partial charge is 0.220 e. The first-order valence-corrected chi connectivity index (χ1v) is 8.27. The lowest BCUT2D eigenvalue weighted by molar-refractivity contribution is -0.121. The van der Waals surface area contributed by atoms with E-state index in [1.54, 1.807) is 6.07 Å². The Morgan fingerprint density at radius 1 is 1.17 bits per heavy atom. The second kappa shape index (κ2) is 8.80. The molecule has 5 heteroatoms. The van der Waals surface area contributed by atoms with Crippen LogP contribution in [0.5, 0.6) is 5.75 Å². The molecule has 0 saturated heterocycles. The zero-order chi connectivity index (χ0) is 16.7. The first-order chi connectivity index (χ1) is 11.1. The number of halogens is 2. The van der Waals surface area contributed by atoms with Gasteiger partial charge in [-0.2, -0.15) is 0 Å². The van der Waals surface area contributed by atoms with Crippen molar-refractivity contribution in [2.24, 2.45) is 0 Å². The van der Waals surface area contributed by atoms with Crippen molar-refractivity contribution >= 4 is 29.1 Å². The summed E-state index contributed by atoms with van der Waals surface area (Å²) >= 11 is 12.1. The van der Waals surface area contributed by atoms with Gasteiger partial charge in [-0.3, -0.25) is 4.79 Å². The molecule has 1 amide bonds. The standard InChI is InChI=1S/C18H19Cl2NO2/c1-2-23-15-7-3-5-13(11-15)12-21-17(22)10-9-14-6-4-8-16(19)18(14)20/h3-8,11H,2,9-10,12H2,1H3,(H,21,22). The van der Waals surface area contributed by atoms with Gasteiger partial charge in [0, 0.05) is 13.0 Å². The van der Waals surface area contributed by atoms with Gasteiger partial charge in [-0.25, -0.2) is 0 Å². The largest absolute Gasteiger partial charge is 0.494 e. The highest BCUT2D eigenvalue weighted by Crippen LogP contribution is 2.26. The minimum absolute atomic E-state index is 0.0251. The summed E-state index contributed by atoms with van der Waals surface area (Å²) in [5.41, 5.74) is 1.89. The number of carbonyl (C=O) groups excluding carboxylic acids is 1. The van der Waals surface area contributed by atoms with Gasteiger partial charge in [-0.15, -0.1) is 0 Å². The van der Waals surface area contributed by atoms with Crippen LogP contribution in [0.4, 0.5) is 0 Å². The summed E-state index contributed by atoms with van der Waals surface area (Å²) in [4.78, 5) is 12.0. The summed E-state index contributed by atoms with van der Waals surface area (Å²) in [5, 5.41) is 3.93. The van der Waals surface area contributed by atoms with Crippen LogP contribution in [-0.2, 0) is 17.8 Å². The van der Waals surface area contributed by atoms with Crippen LogP contribution in [0.3, 0.4) is 0 Å². The molecule has 0 aliphatic rings. The van der Waals surface area contributed by atoms with E-state index in [9.17, 15) is 4.79 Å². The number of ether oxygens (including phenoxy) is 1. The Morgan fingerprint density at radius 3 is 2.74 bits per heavy atom. The fourth-order valence-corrected chi connectivity index (χ4v) is 2.61. The molecule has 0 aromatic heterocycles. The minimum atomic E-state index is -0.0251. The first kappa shape index (κ1) is 17.6. The number of hydrogen-bond acceptors (Lipinski definition) is 2. The summed E-state index contributed by atoms with van der Waals surface area (Å²) in [6.45, 7) is 3.04. The van der Waals surface area contributed by atoms with E-state index in [-0.39, 0.29) is 5.91 Å². The van der Waals surface area contributed by atoms with Gasteiger partial charge in [0.1, 0.15) is 5.75 Å². The van der Waals surface area contributed by atoms with Crippen LogP contribution < -0.4 is 10.1 Å². The van der Waals surface area contributed by atoms with Crippen molar-refractivity contribution < 1.29 is 9.53 Å². The van der Waals surface area contributed by atoms with E-state index in [0.29, 0.717) is 36.0 Å². The predicted octanol–water partition coefficient (Wildman–Crippen LogP) is 4.64. The van der Waals surface area contributed by atoms with Crippen LogP contribution in [0, 0.1) is 0 Å². The summed E-state index contributed by atoms with van der Waals surface area (Å²) in [6.07, 6.45) is 0.926. The van der Waals surface area contributed by atoms with Gasteiger partial charge in [0.25, 0.3) is 0 Å². The molecule has 2 aromatic carbocycles. The normalized spacial score (nSPS) is 10.4. The zero-order valence-corrected chi connectivity index (χ0v) is 14.5. The molecule has 0 spiro atoms. The molecule has 0 aliphatic carbocycles. The number of aryl methyl sites for hydroxylation is 1.